The number of aryl methyl sites for hydroxylation is 2. The number of methoxy groups -OCH3 is 1. The Kier molecular flexibility index (Phi) is 10.0. The molecule has 6 rings (SSSR count). The molecule has 13 heteroatoms. The van der Waals surface area contributed by atoms with Crippen LogP contribution in [0.15, 0.2) is 41.0 Å². The Labute approximate surface area is 284 Å². The van der Waals surface area contributed by atoms with Crippen LogP contribution in [0, 0.1) is 12.7 Å². The van der Waals surface area contributed by atoms with E-state index in [1.54, 1.807) is 39.6 Å². The van der Waals surface area contributed by atoms with Gasteiger partial charge < -0.3 is 30.2 Å². The number of halogens is 2. The van der Waals surface area contributed by atoms with Crippen LogP contribution in [0.3, 0.4) is 0 Å². The molecular formula is C34H43BrFN8O2P. The van der Waals surface area contributed by atoms with E-state index in [4.69, 9.17) is 9.72 Å². The van der Waals surface area contributed by atoms with Crippen molar-refractivity contribution in [3.63, 3.8) is 0 Å². The molecule has 0 saturated carbocycles. The Morgan fingerprint density at radius 2 is 1.81 bits per heavy atom. The molecule has 2 aromatic carbocycles. The van der Waals surface area contributed by atoms with Gasteiger partial charge in [-0.25, -0.2) is 9.37 Å². The molecule has 0 bridgehead atoms. The number of benzene rings is 2. The van der Waals surface area contributed by atoms with Crippen LogP contribution >= 0.6 is 23.1 Å². The second-order valence-corrected chi connectivity index (χ2v) is 16.6. The number of aromatic nitrogens is 3. The topological polar surface area (TPSA) is 108 Å². The van der Waals surface area contributed by atoms with Crippen molar-refractivity contribution in [3.05, 3.63) is 58.1 Å². The van der Waals surface area contributed by atoms with Crippen LogP contribution in [0.4, 0.5) is 33.2 Å². The quantitative estimate of drug-likeness (QED) is 0.168. The van der Waals surface area contributed by atoms with Gasteiger partial charge in [-0.2, -0.15) is 4.98 Å². The molecule has 2 aromatic heterocycles. The first-order valence-electron chi connectivity index (χ1n) is 16.2. The summed E-state index contributed by atoms with van der Waals surface area (Å²) < 4.78 is 34.6. The summed E-state index contributed by atoms with van der Waals surface area (Å²) in [5.41, 5.74) is 4.66. The van der Waals surface area contributed by atoms with Crippen LogP contribution in [-0.2, 0) is 11.0 Å². The average Bonchev–Trinajstić information content (AvgIpc) is 3.06. The number of piperazine rings is 1. The zero-order chi connectivity index (χ0) is 33.3. The average molecular weight is 726 g/mol. The van der Waals surface area contributed by atoms with Crippen LogP contribution in [0.1, 0.15) is 31.0 Å². The number of fused-ring (bicyclic) bond motifs is 1. The third kappa shape index (κ3) is 7.26. The number of pyridine rings is 1. The normalized spacial score (nSPS) is 16.4. The fourth-order valence-electron chi connectivity index (χ4n) is 6.72. The van der Waals surface area contributed by atoms with E-state index in [9.17, 15) is 8.96 Å². The van der Waals surface area contributed by atoms with Crippen LogP contribution in [0.5, 0.6) is 5.75 Å². The predicted molar refractivity (Wildman–Crippen MR) is 194 cm³/mol. The van der Waals surface area contributed by atoms with Crippen molar-refractivity contribution in [3.8, 4) is 5.75 Å². The molecule has 0 unspecified atom stereocenters. The molecule has 2 saturated heterocycles. The lowest BCUT2D eigenvalue weighted by molar-refractivity contribution is 0.150. The third-order valence-corrected chi connectivity index (χ3v) is 11.3. The van der Waals surface area contributed by atoms with E-state index in [2.05, 4.69) is 70.7 Å². The number of piperidine rings is 1. The number of nitrogens with zero attached hydrogens (tertiary/aromatic N) is 5. The maximum atomic E-state index is 14.6. The number of rotatable bonds is 9. The number of hydrogen-bond donors (Lipinski definition) is 3. The largest absolute Gasteiger partial charge is 0.494 e. The second kappa shape index (κ2) is 14.0. The van der Waals surface area contributed by atoms with E-state index in [0.717, 1.165) is 64.2 Å². The highest BCUT2D eigenvalue weighted by atomic mass is 79.9. The molecule has 0 aliphatic carbocycles. The summed E-state index contributed by atoms with van der Waals surface area (Å²) in [6.45, 7) is 13.6. The molecule has 2 aliphatic rings. The van der Waals surface area contributed by atoms with Crippen molar-refractivity contribution in [2.24, 2.45) is 0 Å². The molecule has 4 heterocycles. The Morgan fingerprint density at radius 3 is 2.49 bits per heavy atom. The zero-order valence-electron chi connectivity index (χ0n) is 27.7. The van der Waals surface area contributed by atoms with Gasteiger partial charge in [0.1, 0.15) is 24.5 Å². The van der Waals surface area contributed by atoms with Gasteiger partial charge in [0, 0.05) is 74.0 Å². The minimum Gasteiger partial charge on any atom is -0.494 e. The Balaban J connectivity index is 1.26. The summed E-state index contributed by atoms with van der Waals surface area (Å²) in [6, 6.07) is 9.92. The van der Waals surface area contributed by atoms with Crippen LogP contribution in [-0.4, -0.2) is 85.6 Å². The molecule has 47 heavy (non-hydrogen) atoms. The molecule has 2 aliphatic heterocycles. The standard InChI is InChI=1S/C34H43BrFN8O2P/c1-6-22-17-29(31(46-3)19-30(22)44-13-9-23(10-14-44)43-15-11-37-12-16-43)41-34-38-20-25(35)33(42-34)40-28-8-7-27-24(32(28)47(4,5)45)18-26(36)21(2)39-27/h7-8,17-20,23,37H,6,9-16H2,1-5H3,(H2,38,40,41,42). The Hall–Kier alpha value is -3.31. The van der Waals surface area contributed by atoms with Gasteiger partial charge in [0.05, 0.1) is 34.2 Å². The van der Waals surface area contributed by atoms with E-state index in [-0.39, 0.29) is 0 Å². The molecule has 2 fully saturated rings. The summed E-state index contributed by atoms with van der Waals surface area (Å²) in [7, 11) is -1.19. The van der Waals surface area contributed by atoms with Crippen LogP contribution in [0.25, 0.3) is 10.9 Å². The van der Waals surface area contributed by atoms with E-state index < -0.39 is 13.0 Å². The fourth-order valence-corrected chi connectivity index (χ4v) is 8.48. The zero-order valence-corrected chi connectivity index (χ0v) is 30.1. The summed E-state index contributed by atoms with van der Waals surface area (Å²) in [5.74, 6) is 1.10. The summed E-state index contributed by atoms with van der Waals surface area (Å²) in [5, 5.41) is 11.2. The highest BCUT2D eigenvalue weighted by molar-refractivity contribution is 9.10. The molecule has 250 valence electrons. The number of anilines is 5. The minimum absolute atomic E-state index is 0.297. The number of nitrogens with one attached hydrogen (secondary N) is 3. The molecule has 3 N–H and O–H groups in total. The number of ether oxygens (including phenoxy) is 1. The summed E-state index contributed by atoms with van der Waals surface area (Å²) in [6.07, 6.45) is 4.84. The van der Waals surface area contributed by atoms with Crippen LogP contribution < -0.4 is 30.9 Å². The van der Waals surface area contributed by atoms with Crippen molar-refractivity contribution in [2.75, 3.05) is 75.2 Å². The van der Waals surface area contributed by atoms with Crippen molar-refractivity contribution in [2.45, 2.75) is 39.2 Å². The monoisotopic (exact) mass is 724 g/mol. The maximum absolute atomic E-state index is 14.6. The minimum atomic E-state index is -2.87. The van der Waals surface area contributed by atoms with Crippen molar-refractivity contribution < 1.29 is 13.7 Å². The maximum Gasteiger partial charge on any atom is 0.229 e. The van der Waals surface area contributed by atoms with E-state index in [1.165, 1.54) is 17.3 Å². The lowest BCUT2D eigenvalue weighted by Crippen LogP contribution is -2.52. The van der Waals surface area contributed by atoms with Gasteiger partial charge in [0.2, 0.25) is 5.95 Å². The Morgan fingerprint density at radius 1 is 1.06 bits per heavy atom. The lowest BCUT2D eigenvalue weighted by atomic mass is 9.99. The van der Waals surface area contributed by atoms with Gasteiger partial charge in [-0.3, -0.25) is 9.88 Å². The molecule has 4 aromatic rings. The van der Waals surface area contributed by atoms with Gasteiger partial charge >= 0.3 is 0 Å². The highest BCUT2D eigenvalue weighted by Crippen LogP contribution is 2.42. The molecule has 0 atom stereocenters. The molecule has 10 nitrogen and oxygen atoms in total. The smallest absolute Gasteiger partial charge is 0.229 e. The predicted octanol–water partition coefficient (Wildman–Crippen LogP) is 6.42. The van der Waals surface area contributed by atoms with Gasteiger partial charge in [-0.1, -0.05) is 6.92 Å². The van der Waals surface area contributed by atoms with E-state index in [1.807, 2.05) is 6.07 Å². The van der Waals surface area contributed by atoms with Gasteiger partial charge in [0.25, 0.3) is 0 Å². The third-order valence-electron chi connectivity index (χ3n) is 9.14. The van der Waals surface area contributed by atoms with Crippen LogP contribution in [0.2, 0.25) is 0 Å². The SMILES string of the molecule is CCc1cc(Nc2ncc(Br)c(Nc3ccc4nc(C)c(F)cc4c3P(C)(C)=O)n2)c(OC)cc1N1CCC(N2CCNCC2)CC1. The van der Waals surface area contributed by atoms with Gasteiger partial charge in [0.15, 0.2) is 0 Å². The number of hydrogen-bond acceptors (Lipinski definition) is 10. The van der Waals surface area contributed by atoms with Crippen molar-refractivity contribution in [1.29, 1.82) is 0 Å². The molecule has 0 amide bonds. The Bertz CT molecular complexity index is 1820. The van der Waals surface area contributed by atoms with Gasteiger partial charge in [-0.15, -0.1) is 0 Å². The van der Waals surface area contributed by atoms with Gasteiger partial charge in [-0.05, 0) is 85.3 Å². The van der Waals surface area contributed by atoms with Crippen molar-refractivity contribution >= 4 is 68.1 Å². The molecule has 0 radical (unpaired) electrons. The first-order chi connectivity index (χ1) is 22.5. The van der Waals surface area contributed by atoms with Crippen molar-refractivity contribution in [1.82, 2.24) is 25.2 Å². The van der Waals surface area contributed by atoms with E-state index in [0.29, 0.717) is 55.6 Å². The van der Waals surface area contributed by atoms with E-state index >= 15 is 0 Å². The molecule has 0 spiro atoms. The summed E-state index contributed by atoms with van der Waals surface area (Å²) in [4.78, 5) is 18.8. The fraction of sp³-hybridized carbons (Fsp3) is 0.441. The highest BCUT2D eigenvalue weighted by Gasteiger charge is 2.27. The lowest BCUT2D eigenvalue weighted by Gasteiger charge is -2.41. The first-order valence-corrected chi connectivity index (χ1v) is 19.6. The first kappa shape index (κ1) is 33.6. The molecular weight excluding hydrogens is 682 g/mol. The summed E-state index contributed by atoms with van der Waals surface area (Å²) >= 11 is 3.56. The second-order valence-electron chi connectivity index (χ2n) is 12.6.